The van der Waals surface area contributed by atoms with Crippen LogP contribution in [0.4, 0.5) is 36.4 Å². The van der Waals surface area contributed by atoms with E-state index < -0.39 is 75.2 Å². The molecular formula is C15H15F7N2O7S2. The Balaban J connectivity index is 3.66. The Bertz CT molecular complexity index is 1150. The van der Waals surface area contributed by atoms with Crippen molar-refractivity contribution in [1.82, 2.24) is 4.90 Å². The molecule has 0 N–H and O–H groups in total. The van der Waals surface area contributed by atoms with Crippen LogP contribution >= 0.6 is 0 Å². The molecule has 1 aromatic carbocycles. The Kier molecular flexibility index (Phi) is 7.81. The number of hydrogen-bond donors (Lipinski definition) is 0. The predicted octanol–water partition coefficient (Wildman–Crippen LogP) is 2.80. The van der Waals surface area contributed by atoms with Crippen LogP contribution in [-0.4, -0.2) is 68.8 Å². The lowest BCUT2D eigenvalue weighted by Crippen LogP contribution is -2.55. The molecule has 0 fully saturated rings. The number of nitro groups is 1. The molecule has 0 spiro atoms. The number of amides is 1. The van der Waals surface area contributed by atoms with Crippen molar-refractivity contribution in [2.45, 2.75) is 41.0 Å². The minimum atomic E-state index is -7.09. The zero-order valence-corrected chi connectivity index (χ0v) is 18.2. The van der Waals surface area contributed by atoms with E-state index in [1.807, 2.05) is 0 Å². The topological polar surface area (TPSA) is 132 Å². The maximum Gasteiger partial charge on any atom is 0.461 e. The van der Waals surface area contributed by atoms with Gasteiger partial charge < -0.3 is 4.90 Å². The largest absolute Gasteiger partial charge is 0.461 e. The fraction of sp³-hybridized carbons (Fsp3) is 0.533. The van der Waals surface area contributed by atoms with Gasteiger partial charge in [0, 0.05) is 19.2 Å². The van der Waals surface area contributed by atoms with Crippen molar-refractivity contribution in [3.05, 3.63) is 28.3 Å². The van der Waals surface area contributed by atoms with Crippen molar-refractivity contribution in [2.75, 3.05) is 18.8 Å². The third kappa shape index (κ3) is 5.04. The van der Waals surface area contributed by atoms with Crippen molar-refractivity contribution < 1.29 is 57.3 Å². The van der Waals surface area contributed by atoms with Crippen LogP contribution in [0, 0.1) is 10.1 Å². The smallest absolute Gasteiger partial charge is 0.342 e. The number of benzene rings is 1. The van der Waals surface area contributed by atoms with E-state index in [4.69, 9.17) is 0 Å². The molecule has 0 aromatic heterocycles. The molecule has 1 rings (SSSR count). The van der Waals surface area contributed by atoms with Gasteiger partial charge in [0.1, 0.15) is 10.6 Å². The van der Waals surface area contributed by atoms with Gasteiger partial charge in [-0.3, -0.25) is 14.9 Å². The molecule has 1 amide bonds. The summed E-state index contributed by atoms with van der Waals surface area (Å²) in [6.07, 6.45) is -7.01. The first-order chi connectivity index (χ1) is 14.7. The quantitative estimate of drug-likeness (QED) is 0.271. The van der Waals surface area contributed by atoms with E-state index in [2.05, 4.69) is 0 Å². The van der Waals surface area contributed by atoms with E-state index >= 15 is 0 Å². The van der Waals surface area contributed by atoms with Crippen LogP contribution in [0.25, 0.3) is 0 Å². The SMILES string of the molecule is CCN(CC)C(=O)CS(=O)(=O)c1ccc(S(=O)(=O)C(F)(F)C(F)(F)C(F)(F)F)cc1[N+](=O)[O-]. The first-order valence-electron chi connectivity index (χ1n) is 8.55. The molecule has 0 atom stereocenters. The van der Waals surface area contributed by atoms with Crippen molar-refractivity contribution in [1.29, 1.82) is 0 Å². The lowest BCUT2D eigenvalue weighted by atomic mass is 10.3. The number of carbonyl (C=O) groups excluding carboxylic acids is 1. The summed E-state index contributed by atoms with van der Waals surface area (Å²) in [5, 5.41) is 4.42. The predicted molar refractivity (Wildman–Crippen MR) is 96.2 cm³/mol. The monoisotopic (exact) mass is 532 g/mol. The van der Waals surface area contributed by atoms with Crippen LogP contribution < -0.4 is 0 Å². The Labute approximate surface area is 182 Å². The van der Waals surface area contributed by atoms with Crippen LogP contribution in [0.1, 0.15) is 13.8 Å². The molecular weight excluding hydrogens is 517 g/mol. The first kappa shape index (κ1) is 28.5. The van der Waals surface area contributed by atoms with Gasteiger partial charge in [-0.2, -0.15) is 30.7 Å². The van der Waals surface area contributed by atoms with Crippen molar-refractivity contribution in [2.24, 2.45) is 0 Å². The average molecular weight is 532 g/mol. The van der Waals surface area contributed by atoms with Gasteiger partial charge in [0.25, 0.3) is 15.5 Å². The van der Waals surface area contributed by atoms with Gasteiger partial charge in [-0.05, 0) is 26.0 Å². The summed E-state index contributed by atoms with van der Waals surface area (Å²) in [7, 11) is -11.8. The molecule has 0 saturated heterocycles. The van der Waals surface area contributed by atoms with Crippen LogP contribution in [0.15, 0.2) is 28.0 Å². The third-order valence-corrected chi connectivity index (χ3v) is 7.71. The van der Waals surface area contributed by atoms with Gasteiger partial charge in [0.15, 0.2) is 9.84 Å². The Morgan fingerprint density at radius 2 is 1.48 bits per heavy atom. The zero-order valence-electron chi connectivity index (χ0n) is 16.6. The number of alkyl halides is 7. The number of halogens is 7. The standard InChI is InChI=1S/C15H15F7N2O7S2/c1-3-23(4-2)12(25)8-32(28,29)11-6-5-9(7-10(11)24(26)27)33(30,31)15(21,22)13(16,17)14(18,19)20/h5-7H,3-4,8H2,1-2H3. The van der Waals surface area contributed by atoms with Crippen LogP contribution in [0.5, 0.6) is 0 Å². The van der Waals surface area contributed by atoms with E-state index in [-0.39, 0.29) is 25.2 Å². The number of nitrogens with zero attached hydrogens (tertiary/aromatic N) is 2. The van der Waals surface area contributed by atoms with Gasteiger partial charge in [0.05, 0.1) is 9.82 Å². The minimum Gasteiger partial charge on any atom is -0.342 e. The van der Waals surface area contributed by atoms with E-state index in [1.165, 1.54) is 13.8 Å². The summed E-state index contributed by atoms with van der Waals surface area (Å²) in [5.74, 6) is -9.47. The molecule has 18 heteroatoms. The highest BCUT2D eigenvalue weighted by Crippen LogP contribution is 2.51. The van der Waals surface area contributed by atoms with Gasteiger partial charge >= 0.3 is 17.4 Å². The summed E-state index contributed by atoms with van der Waals surface area (Å²) in [4.78, 5) is 19.3. The van der Waals surface area contributed by atoms with Gasteiger partial charge in [0.2, 0.25) is 5.91 Å². The van der Waals surface area contributed by atoms with Crippen LogP contribution in [0.3, 0.4) is 0 Å². The molecule has 0 bridgehead atoms. The Hall–Kier alpha value is -2.50. The molecule has 0 aliphatic rings. The van der Waals surface area contributed by atoms with E-state index in [0.29, 0.717) is 0 Å². The Morgan fingerprint density at radius 3 is 1.88 bits per heavy atom. The molecule has 0 heterocycles. The fourth-order valence-corrected chi connectivity index (χ4v) is 5.11. The number of carbonyl (C=O) groups is 1. The van der Waals surface area contributed by atoms with Gasteiger partial charge in [-0.1, -0.05) is 0 Å². The highest BCUT2D eigenvalue weighted by molar-refractivity contribution is 7.93. The van der Waals surface area contributed by atoms with Gasteiger partial charge in [-0.25, -0.2) is 16.8 Å². The summed E-state index contributed by atoms with van der Waals surface area (Å²) < 4.78 is 139. The molecule has 9 nitrogen and oxygen atoms in total. The van der Waals surface area contributed by atoms with Crippen molar-refractivity contribution in [3.63, 3.8) is 0 Å². The fourth-order valence-electron chi connectivity index (χ4n) is 2.46. The lowest BCUT2D eigenvalue weighted by molar-refractivity contribution is -0.388. The van der Waals surface area contributed by atoms with Crippen molar-refractivity contribution >= 4 is 31.3 Å². The molecule has 0 saturated carbocycles. The summed E-state index contributed by atoms with van der Waals surface area (Å²) >= 11 is 0. The molecule has 33 heavy (non-hydrogen) atoms. The second kappa shape index (κ2) is 9.03. The van der Waals surface area contributed by atoms with Crippen LogP contribution in [-0.2, 0) is 24.5 Å². The number of sulfone groups is 2. The second-order valence-electron chi connectivity index (χ2n) is 6.30. The number of rotatable bonds is 9. The maximum absolute atomic E-state index is 13.8. The zero-order chi connectivity index (χ0) is 26.2. The lowest BCUT2D eigenvalue weighted by Gasteiger charge is -2.27. The average Bonchev–Trinajstić information content (AvgIpc) is 2.66. The van der Waals surface area contributed by atoms with Gasteiger partial charge in [-0.15, -0.1) is 0 Å². The van der Waals surface area contributed by atoms with E-state index in [9.17, 15) is 62.5 Å². The molecule has 0 unspecified atom stereocenters. The highest BCUT2D eigenvalue weighted by Gasteiger charge is 2.78. The number of nitro benzene ring substituents is 1. The number of hydrogen-bond acceptors (Lipinski definition) is 7. The molecule has 0 aliphatic carbocycles. The maximum atomic E-state index is 13.8. The summed E-state index contributed by atoms with van der Waals surface area (Å²) in [5.41, 5.74) is -1.73. The highest BCUT2D eigenvalue weighted by atomic mass is 32.2. The van der Waals surface area contributed by atoms with E-state index in [0.717, 1.165) is 4.90 Å². The van der Waals surface area contributed by atoms with E-state index in [1.54, 1.807) is 0 Å². The molecule has 0 radical (unpaired) electrons. The minimum absolute atomic E-state index is 0.0482. The second-order valence-corrected chi connectivity index (χ2v) is 10.3. The molecule has 188 valence electrons. The molecule has 0 aliphatic heterocycles. The first-order valence-corrected chi connectivity index (χ1v) is 11.7. The third-order valence-electron chi connectivity index (χ3n) is 4.26. The Morgan fingerprint density at radius 1 is 1.00 bits per heavy atom. The van der Waals surface area contributed by atoms with Crippen LogP contribution in [0.2, 0.25) is 0 Å². The normalized spacial score (nSPS) is 13.6. The summed E-state index contributed by atoms with van der Waals surface area (Å²) in [6, 6.07) is -0.459. The van der Waals surface area contributed by atoms with Crippen molar-refractivity contribution in [3.8, 4) is 0 Å². The summed E-state index contributed by atoms with van der Waals surface area (Å²) in [6.45, 7) is 3.05. The molecule has 1 aromatic rings.